The summed E-state index contributed by atoms with van der Waals surface area (Å²) in [5, 5.41) is 3.02. The van der Waals surface area contributed by atoms with Crippen LogP contribution in [0.3, 0.4) is 0 Å². The van der Waals surface area contributed by atoms with Gasteiger partial charge in [-0.25, -0.2) is 4.79 Å². The molecule has 2 aromatic rings. The predicted octanol–water partition coefficient (Wildman–Crippen LogP) is 2.79. The molecular weight excluding hydrogens is 340 g/mol. The van der Waals surface area contributed by atoms with Crippen molar-refractivity contribution in [1.29, 1.82) is 0 Å². The van der Waals surface area contributed by atoms with E-state index >= 15 is 0 Å². The molecule has 0 aliphatic carbocycles. The third-order valence-electron chi connectivity index (χ3n) is 4.89. The molecular formula is C21H28N4O2. The van der Waals surface area contributed by atoms with E-state index in [2.05, 4.69) is 45.4 Å². The molecule has 2 aromatic carbocycles. The van der Waals surface area contributed by atoms with Crippen molar-refractivity contribution in [3.05, 3.63) is 54.1 Å². The molecule has 0 radical (unpaired) electrons. The van der Waals surface area contributed by atoms with Crippen molar-refractivity contribution in [2.75, 3.05) is 57.2 Å². The summed E-state index contributed by atoms with van der Waals surface area (Å²) in [4.78, 5) is 18.7. The van der Waals surface area contributed by atoms with Crippen LogP contribution in [0.2, 0.25) is 0 Å². The molecule has 1 fully saturated rings. The lowest BCUT2D eigenvalue weighted by atomic mass is 10.2. The smallest absolute Gasteiger partial charge is 0.317 e. The van der Waals surface area contributed by atoms with Gasteiger partial charge in [-0.05, 0) is 29.8 Å². The van der Waals surface area contributed by atoms with E-state index < -0.39 is 0 Å². The lowest BCUT2D eigenvalue weighted by Gasteiger charge is -2.36. The first-order chi connectivity index (χ1) is 13.1. The molecule has 27 heavy (non-hydrogen) atoms. The second kappa shape index (κ2) is 8.66. The molecule has 0 saturated carbocycles. The van der Waals surface area contributed by atoms with E-state index in [9.17, 15) is 4.79 Å². The SMILES string of the molecule is COc1ccccc1N1CCN(C(=O)NCc2ccc(N(C)C)cc2)CC1. The third-order valence-corrected chi connectivity index (χ3v) is 4.89. The molecule has 6 nitrogen and oxygen atoms in total. The van der Waals surface area contributed by atoms with E-state index in [1.165, 1.54) is 0 Å². The minimum Gasteiger partial charge on any atom is -0.495 e. The quantitative estimate of drug-likeness (QED) is 0.882. The number of anilines is 2. The van der Waals surface area contributed by atoms with Crippen molar-refractivity contribution in [2.24, 2.45) is 0 Å². The van der Waals surface area contributed by atoms with Crippen molar-refractivity contribution >= 4 is 17.4 Å². The van der Waals surface area contributed by atoms with Gasteiger partial charge >= 0.3 is 6.03 Å². The molecule has 2 amide bonds. The topological polar surface area (TPSA) is 48.1 Å². The molecule has 144 valence electrons. The van der Waals surface area contributed by atoms with Gasteiger partial charge in [0.1, 0.15) is 5.75 Å². The highest BCUT2D eigenvalue weighted by molar-refractivity contribution is 5.74. The number of benzene rings is 2. The summed E-state index contributed by atoms with van der Waals surface area (Å²) >= 11 is 0. The zero-order valence-electron chi connectivity index (χ0n) is 16.3. The van der Waals surface area contributed by atoms with Crippen LogP contribution in [0.1, 0.15) is 5.56 Å². The highest BCUT2D eigenvalue weighted by Crippen LogP contribution is 2.28. The highest BCUT2D eigenvalue weighted by atomic mass is 16.5. The molecule has 0 unspecified atom stereocenters. The van der Waals surface area contributed by atoms with Crippen LogP contribution in [0.5, 0.6) is 5.75 Å². The summed E-state index contributed by atoms with van der Waals surface area (Å²) in [5.41, 5.74) is 3.33. The third kappa shape index (κ3) is 4.64. The van der Waals surface area contributed by atoms with Crippen LogP contribution in [-0.2, 0) is 6.54 Å². The van der Waals surface area contributed by atoms with Crippen LogP contribution in [0.25, 0.3) is 0 Å². The average molecular weight is 368 g/mol. The summed E-state index contributed by atoms with van der Waals surface area (Å²) in [6.45, 7) is 3.53. The van der Waals surface area contributed by atoms with Gasteiger partial charge in [-0.3, -0.25) is 0 Å². The van der Waals surface area contributed by atoms with Crippen LogP contribution in [0, 0.1) is 0 Å². The van der Waals surface area contributed by atoms with E-state index in [1.54, 1.807) is 7.11 Å². The van der Waals surface area contributed by atoms with Gasteiger partial charge in [-0.1, -0.05) is 24.3 Å². The maximum absolute atomic E-state index is 12.5. The first-order valence-electron chi connectivity index (χ1n) is 9.25. The molecule has 0 spiro atoms. The normalized spacial score (nSPS) is 14.0. The maximum atomic E-state index is 12.5. The van der Waals surface area contributed by atoms with Crippen molar-refractivity contribution in [3.8, 4) is 5.75 Å². The molecule has 1 aliphatic heterocycles. The van der Waals surface area contributed by atoms with Crippen LogP contribution < -0.4 is 19.9 Å². The molecule has 1 aliphatic rings. The number of nitrogens with zero attached hydrogens (tertiary/aromatic N) is 3. The summed E-state index contributed by atoms with van der Waals surface area (Å²) < 4.78 is 5.45. The molecule has 3 rings (SSSR count). The Kier molecular flexibility index (Phi) is 6.06. The minimum atomic E-state index is -0.00800. The number of para-hydroxylation sites is 2. The zero-order chi connectivity index (χ0) is 19.2. The van der Waals surface area contributed by atoms with E-state index in [1.807, 2.05) is 37.2 Å². The lowest BCUT2D eigenvalue weighted by molar-refractivity contribution is 0.194. The Morgan fingerprint density at radius 3 is 2.33 bits per heavy atom. The van der Waals surface area contributed by atoms with Crippen molar-refractivity contribution in [2.45, 2.75) is 6.54 Å². The fraction of sp³-hybridized carbons (Fsp3) is 0.381. The average Bonchev–Trinajstić information content (AvgIpc) is 2.72. The second-order valence-electron chi connectivity index (χ2n) is 6.87. The van der Waals surface area contributed by atoms with Crippen LogP contribution in [0.4, 0.5) is 16.2 Å². The molecule has 6 heteroatoms. The van der Waals surface area contributed by atoms with Crippen LogP contribution in [-0.4, -0.2) is 58.3 Å². The molecule has 0 aromatic heterocycles. The first-order valence-corrected chi connectivity index (χ1v) is 9.25. The van der Waals surface area contributed by atoms with E-state index in [0.717, 1.165) is 35.8 Å². The number of hydrogen-bond acceptors (Lipinski definition) is 4. The maximum Gasteiger partial charge on any atom is 0.317 e. The van der Waals surface area contributed by atoms with Crippen LogP contribution >= 0.6 is 0 Å². The summed E-state index contributed by atoms with van der Waals surface area (Å²) in [6, 6.07) is 16.2. The van der Waals surface area contributed by atoms with E-state index in [-0.39, 0.29) is 6.03 Å². The van der Waals surface area contributed by atoms with Gasteiger partial charge in [0.25, 0.3) is 0 Å². The summed E-state index contributed by atoms with van der Waals surface area (Å²) in [7, 11) is 5.72. The van der Waals surface area contributed by atoms with Crippen molar-refractivity contribution in [1.82, 2.24) is 10.2 Å². The molecule has 1 heterocycles. The van der Waals surface area contributed by atoms with E-state index in [4.69, 9.17) is 4.74 Å². The lowest BCUT2D eigenvalue weighted by Crippen LogP contribution is -2.51. The largest absolute Gasteiger partial charge is 0.495 e. The fourth-order valence-corrected chi connectivity index (χ4v) is 3.24. The predicted molar refractivity (Wildman–Crippen MR) is 110 cm³/mol. The molecule has 0 atom stereocenters. The van der Waals surface area contributed by atoms with Gasteiger partial charge in [-0.15, -0.1) is 0 Å². The Morgan fingerprint density at radius 1 is 1.04 bits per heavy atom. The monoisotopic (exact) mass is 368 g/mol. The second-order valence-corrected chi connectivity index (χ2v) is 6.87. The zero-order valence-corrected chi connectivity index (χ0v) is 16.3. The Morgan fingerprint density at radius 2 is 1.70 bits per heavy atom. The number of urea groups is 1. The number of nitrogens with one attached hydrogen (secondary N) is 1. The number of rotatable bonds is 5. The van der Waals surface area contributed by atoms with E-state index in [0.29, 0.717) is 19.6 Å². The number of carbonyl (C=O) groups is 1. The molecule has 1 saturated heterocycles. The number of carbonyl (C=O) groups excluding carboxylic acids is 1. The Labute approximate surface area is 161 Å². The molecule has 1 N–H and O–H groups in total. The van der Waals surface area contributed by atoms with Crippen molar-refractivity contribution < 1.29 is 9.53 Å². The minimum absolute atomic E-state index is 0.00800. The van der Waals surface area contributed by atoms with Gasteiger partial charge in [0.2, 0.25) is 0 Å². The number of hydrogen-bond donors (Lipinski definition) is 1. The van der Waals surface area contributed by atoms with Gasteiger partial charge < -0.3 is 24.8 Å². The number of amides is 2. The Balaban J connectivity index is 1.50. The van der Waals surface area contributed by atoms with Crippen LogP contribution in [0.15, 0.2) is 48.5 Å². The van der Waals surface area contributed by atoms with Gasteiger partial charge in [-0.2, -0.15) is 0 Å². The fourth-order valence-electron chi connectivity index (χ4n) is 3.24. The Hall–Kier alpha value is -2.89. The Bertz CT molecular complexity index is 753. The highest BCUT2D eigenvalue weighted by Gasteiger charge is 2.22. The summed E-state index contributed by atoms with van der Waals surface area (Å²) in [6.07, 6.45) is 0. The number of ether oxygens (including phenoxy) is 1. The van der Waals surface area contributed by atoms with Gasteiger partial charge in [0, 0.05) is 52.5 Å². The first kappa shape index (κ1) is 18.9. The standard InChI is InChI=1S/C21H28N4O2/c1-23(2)18-10-8-17(9-11-18)16-22-21(26)25-14-12-24(13-15-25)19-6-4-5-7-20(19)27-3/h4-11H,12-16H2,1-3H3,(H,22,26). The number of methoxy groups -OCH3 is 1. The van der Waals surface area contributed by atoms with Gasteiger partial charge in [0.05, 0.1) is 12.8 Å². The summed E-state index contributed by atoms with van der Waals surface area (Å²) in [5.74, 6) is 0.872. The van der Waals surface area contributed by atoms with Gasteiger partial charge in [0.15, 0.2) is 0 Å². The number of piperazine rings is 1. The molecule has 0 bridgehead atoms. The van der Waals surface area contributed by atoms with Crippen molar-refractivity contribution in [3.63, 3.8) is 0 Å².